The van der Waals surface area contributed by atoms with Gasteiger partial charge in [-0.1, -0.05) is 47.6 Å². The van der Waals surface area contributed by atoms with E-state index in [1.165, 1.54) is 11.0 Å². The summed E-state index contributed by atoms with van der Waals surface area (Å²) in [5.74, 6) is -3.12. The van der Waals surface area contributed by atoms with Gasteiger partial charge in [0.15, 0.2) is 0 Å². The van der Waals surface area contributed by atoms with Gasteiger partial charge in [-0.2, -0.15) is 0 Å². The first kappa shape index (κ1) is 33.2. The number of carbonyl (C=O) groups is 7. The number of ketones is 1. The van der Waals surface area contributed by atoms with Crippen LogP contribution in [0.15, 0.2) is 12.7 Å². The Labute approximate surface area is 240 Å². The summed E-state index contributed by atoms with van der Waals surface area (Å²) in [7, 11) is 0. The van der Waals surface area contributed by atoms with Crippen LogP contribution in [0, 0.1) is 10.8 Å². The van der Waals surface area contributed by atoms with Gasteiger partial charge in [0.2, 0.25) is 23.5 Å². The number of carbonyl (C=O) groups excluding carboxylic acids is 7. The average Bonchev–Trinajstić information content (AvgIpc) is 3.49. The molecule has 2 aliphatic heterocycles. The smallest absolute Gasteiger partial charge is 0.324 e. The molecule has 14 nitrogen and oxygen atoms in total. The first-order valence-electron chi connectivity index (χ1n) is 13.6. The van der Waals surface area contributed by atoms with Crippen LogP contribution in [0.5, 0.6) is 0 Å². The fourth-order valence-corrected chi connectivity index (χ4v) is 4.44. The predicted molar refractivity (Wildman–Crippen MR) is 149 cm³/mol. The third-order valence-electron chi connectivity index (χ3n) is 6.96. The van der Waals surface area contributed by atoms with Crippen LogP contribution < -0.4 is 26.6 Å². The van der Waals surface area contributed by atoms with Gasteiger partial charge in [-0.15, -0.1) is 6.58 Å². The van der Waals surface area contributed by atoms with E-state index in [0.717, 1.165) is 4.90 Å². The Bertz CT molecular complexity index is 1060. The molecule has 0 aromatic heterocycles. The third-order valence-corrected chi connectivity index (χ3v) is 6.96. The summed E-state index contributed by atoms with van der Waals surface area (Å²) >= 11 is 0. The van der Waals surface area contributed by atoms with Gasteiger partial charge in [0, 0.05) is 13.1 Å². The quantitative estimate of drug-likeness (QED) is 0.126. The Kier molecular flexibility index (Phi) is 11.0. The maximum atomic E-state index is 13.7. The van der Waals surface area contributed by atoms with Crippen LogP contribution in [0.25, 0.3) is 0 Å². The van der Waals surface area contributed by atoms with E-state index < -0.39 is 77.0 Å². The zero-order valence-electron chi connectivity index (χ0n) is 24.7. The van der Waals surface area contributed by atoms with E-state index in [0.29, 0.717) is 12.8 Å². The maximum Gasteiger partial charge on any atom is 0.324 e. The first-order valence-corrected chi connectivity index (χ1v) is 13.6. The van der Waals surface area contributed by atoms with Gasteiger partial charge in [0.05, 0.1) is 25.7 Å². The molecule has 14 heteroatoms. The van der Waals surface area contributed by atoms with Crippen molar-refractivity contribution in [3.63, 3.8) is 0 Å². The van der Waals surface area contributed by atoms with Crippen LogP contribution in [-0.2, 0) is 24.0 Å². The highest BCUT2D eigenvalue weighted by atomic mass is 16.2. The summed E-state index contributed by atoms with van der Waals surface area (Å²) in [6.07, 6.45) is 2.32. The highest BCUT2D eigenvalue weighted by molar-refractivity contribution is 6.37. The minimum atomic E-state index is -1.03. The fourth-order valence-electron chi connectivity index (χ4n) is 4.44. The van der Waals surface area contributed by atoms with Gasteiger partial charge in [0.1, 0.15) is 12.1 Å². The minimum Gasteiger partial charge on any atom is -0.347 e. The number of nitrogens with zero attached hydrogens (tertiary/aromatic N) is 2. The highest BCUT2D eigenvalue weighted by Crippen LogP contribution is 2.26. The van der Waals surface area contributed by atoms with Crippen molar-refractivity contribution in [2.75, 3.05) is 32.7 Å². The standard InChI is InChI=1S/C27H43N7O7/c1-8-11-28-22(38)17(35)13-29-21(37)16-10-9-12-33(16)23(39)20(27(5,6)7)32-24(40)31-18(26(2,3)4)15-34-19(36)14-30-25(34)41/h8,16,18,20H,1,9-15H2,2-7H3,(H,28,38)(H,29,37)(H,30,41)(H2,31,32,40)/t16-,18+,20+/m0/s1. The fraction of sp³-hybridized carbons (Fsp3) is 0.667. The minimum absolute atomic E-state index is 0.0472. The topological polar surface area (TPSA) is 186 Å². The van der Waals surface area contributed by atoms with E-state index in [9.17, 15) is 33.6 Å². The highest BCUT2D eigenvalue weighted by Gasteiger charge is 2.43. The van der Waals surface area contributed by atoms with Crippen LogP contribution in [0.3, 0.4) is 0 Å². The molecule has 8 amide bonds. The van der Waals surface area contributed by atoms with E-state index in [1.54, 1.807) is 20.8 Å². The first-order chi connectivity index (χ1) is 19.0. The summed E-state index contributed by atoms with van der Waals surface area (Å²) < 4.78 is 0. The number of likely N-dealkylation sites (tertiary alicyclic amines) is 1. The Morgan fingerprint density at radius 1 is 1.02 bits per heavy atom. The summed E-state index contributed by atoms with van der Waals surface area (Å²) in [5.41, 5.74) is -1.29. The van der Waals surface area contributed by atoms with Crippen molar-refractivity contribution in [1.29, 1.82) is 0 Å². The molecule has 0 radical (unpaired) electrons. The van der Waals surface area contributed by atoms with Crippen molar-refractivity contribution < 1.29 is 33.6 Å². The second-order valence-electron chi connectivity index (χ2n) is 12.3. The van der Waals surface area contributed by atoms with Crippen molar-refractivity contribution in [3.8, 4) is 0 Å². The largest absolute Gasteiger partial charge is 0.347 e. The van der Waals surface area contributed by atoms with E-state index in [-0.39, 0.29) is 26.2 Å². The normalized spacial score (nSPS) is 18.7. The number of urea groups is 2. The van der Waals surface area contributed by atoms with Crippen molar-refractivity contribution in [1.82, 2.24) is 36.4 Å². The van der Waals surface area contributed by atoms with Crippen LogP contribution >= 0.6 is 0 Å². The molecule has 2 heterocycles. The van der Waals surface area contributed by atoms with Crippen molar-refractivity contribution in [2.45, 2.75) is 72.5 Å². The molecule has 41 heavy (non-hydrogen) atoms. The summed E-state index contributed by atoms with van der Waals surface area (Å²) in [5, 5.41) is 12.8. The SMILES string of the molecule is C=CCNC(=O)C(=O)CNC(=O)[C@@H]1CCCN1C(=O)[C@@H](NC(=O)N[C@H](CN1C(=O)CNC1=O)C(C)(C)C)C(C)(C)C. The molecule has 0 aromatic rings. The summed E-state index contributed by atoms with van der Waals surface area (Å²) in [6, 6.07) is -3.73. The van der Waals surface area contributed by atoms with Crippen molar-refractivity contribution in [3.05, 3.63) is 12.7 Å². The Hall–Kier alpha value is -3.97. The molecule has 0 aliphatic carbocycles. The predicted octanol–water partition coefficient (Wildman–Crippen LogP) is -0.355. The molecule has 228 valence electrons. The monoisotopic (exact) mass is 577 g/mol. The van der Waals surface area contributed by atoms with E-state index in [1.807, 2.05) is 20.8 Å². The summed E-state index contributed by atoms with van der Waals surface area (Å²) in [6.45, 7) is 14.0. The lowest BCUT2D eigenvalue weighted by Gasteiger charge is -2.37. The lowest BCUT2D eigenvalue weighted by Crippen LogP contribution is -2.61. The lowest BCUT2D eigenvalue weighted by molar-refractivity contribution is -0.142. The Balaban J connectivity index is 2.10. The van der Waals surface area contributed by atoms with E-state index in [4.69, 9.17) is 0 Å². The molecule has 0 aromatic carbocycles. The number of rotatable bonds is 11. The van der Waals surface area contributed by atoms with Gasteiger partial charge in [-0.25, -0.2) is 9.59 Å². The van der Waals surface area contributed by atoms with Gasteiger partial charge in [-0.05, 0) is 23.7 Å². The average molecular weight is 578 g/mol. The van der Waals surface area contributed by atoms with E-state index >= 15 is 0 Å². The molecule has 0 spiro atoms. The molecular weight excluding hydrogens is 534 g/mol. The molecule has 0 bridgehead atoms. The Morgan fingerprint density at radius 2 is 1.68 bits per heavy atom. The molecular formula is C27H43N7O7. The van der Waals surface area contributed by atoms with Gasteiger partial charge in [0.25, 0.3) is 5.91 Å². The molecule has 2 fully saturated rings. The van der Waals surface area contributed by atoms with Crippen LogP contribution in [-0.4, -0.2) is 102 Å². The number of nitrogens with one attached hydrogen (secondary N) is 5. The molecule has 0 saturated carbocycles. The Morgan fingerprint density at radius 3 is 2.22 bits per heavy atom. The van der Waals surface area contributed by atoms with E-state index in [2.05, 4.69) is 33.2 Å². The van der Waals surface area contributed by atoms with Crippen molar-refractivity contribution in [2.24, 2.45) is 10.8 Å². The summed E-state index contributed by atoms with van der Waals surface area (Å²) in [4.78, 5) is 90.2. The lowest BCUT2D eigenvalue weighted by atomic mass is 9.85. The van der Waals surface area contributed by atoms with Crippen molar-refractivity contribution >= 4 is 41.5 Å². The number of hydrogen-bond donors (Lipinski definition) is 5. The number of imide groups is 1. The van der Waals surface area contributed by atoms with Crippen LogP contribution in [0.1, 0.15) is 54.4 Å². The van der Waals surface area contributed by atoms with Gasteiger partial charge < -0.3 is 31.5 Å². The zero-order valence-corrected chi connectivity index (χ0v) is 24.7. The van der Waals surface area contributed by atoms with Gasteiger partial charge in [-0.3, -0.25) is 28.9 Å². The van der Waals surface area contributed by atoms with Gasteiger partial charge >= 0.3 is 12.1 Å². The van der Waals surface area contributed by atoms with Crippen LogP contribution in [0.2, 0.25) is 0 Å². The van der Waals surface area contributed by atoms with Crippen LogP contribution in [0.4, 0.5) is 9.59 Å². The molecule has 3 atom stereocenters. The molecule has 5 N–H and O–H groups in total. The maximum absolute atomic E-state index is 13.7. The molecule has 2 rings (SSSR count). The molecule has 2 aliphatic rings. The number of amides is 8. The zero-order chi connectivity index (χ0) is 31.1. The third kappa shape index (κ3) is 9.02. The molecule has 0 unspecified atom stereocenters. The number of hydrogen-bond acceptors (Lipinski definition) is 7. The second kappa shape index (κ2) is 13.6. The number of Topliss-reactive ketones (excluding diaryl/α,β-unsaturated/α-hetero) is 1. The second-order valence-corrected chi connectivity index (χ2v) is 12.3. The molecule has 2 saturated heterocycles.